The van der Waals surface area contributed by atoms with Gasteiger partial charge in [-0.3, -0.25) is 4.79 Å². The molecule has 2 aromatic rings. The van der Waals surface area contributed by atoms with Gasteiger partial charge in [-0.05, 0) is 36.2 Å². The minimum atomic E-state index is -0.430. The van der Waals surface area contributed by atoms with Gasteiger partial charge >= 0.3 is 5.97 Å². The summed E-state index contributed by atoms with van der Waals surface area (Å²) in [5.74, 6) is -0.385. The number of methoxy groups -OCH3 is 1. The molecule has 0 amide bonds. The molecule has 3 nitrogen and oxygen atoms in total. The highest BCUT2D eigenvalue weighted by Gasteiger charge is 2.13. The molecule has 0 radical (unpaired) electrons. The maximum Gasteiger partial charge on any atom is 0.309 e. The molecule has 0 aliphatic carbocycles. The second-order valence-corrected chi connectivity index (χ2v) is 5.26. The molecular weight excluding hydrogens is 307 g/mol. The van der Waals surface area contributed by atoms with E-state index in [1.165, 1.54) is 13.2 Å². The Labute approximate surface area is 133 Å². The van der Waals surface area contributed by atoms with E-state index in [0.717, 1.165) is 5.56 Å². The Kier molecular flexibility index (Phi) is 5.39. The summed E-state index contributed by atoms with van der Waals surface area (Å²) in [4.78, 5) is 11.4. The minimum absolute atomic E-state index is 0.00537. The Bertz CT molecular complexity index is 686. The lowest BCUT2D eigenvalue weighted by Gasteiger charge is -2.12. The van der Waals surface area contributed by atoms with Crippen LogP contribution in [0.3, 0.4) is 0 Å². The average Bonchev–Trinajstić information content (AvgIpc) is 2.48. The first-order chi connectivity index (χ1) is 10.5. The average molecular weight is 323 g/mol. The first-order valence-corrected chi connectivity index (χ1v) is 7.11. The van der Waals surface area contributed by atoms with Gasteiger partial charge in [-0.1, -0.05) is 29.8 Å². The third-order valence-corrected chi connectivity index (χ3v) is 3.53. The zero-order chi connectivity index (χ0) is 16.1. The van der Waals surface area contributed by atoms with E-state index in [0.29, 0.717) is 21.9 Å². The Balaban J connectivity index is 2.19. The second-order valence-electron chi connectivity index (χ2n) is 4.85. The molecule has 0 bridgehead atoms. The number of carbonyl (C=O) groups is 1. The van der Waals surface area contributed by atoms with Crippen LogP contribution in [-0.2, 0) is 22.6 Å². The van der Waals surface area contributed by atoms with Crippen LogP contribution in [0.4, 0.5) is 4.39 Å². The highest BCUT2D eigenvalue weighted by Crippen LogP contribution is 2.27. The lowest BCUT2D eigenvalue weighted by atomic mass is 10.0. The third kappa shape index (κ3) is 3.98. The molecule has 0 heterocycles. The van der Waals surface area contributed by atoms with Crippen LogP contribution >= 0.6 is 11.6 Å². The largest absolute Gasteiger partial charge is 0.487 e. The van der Waals surface area contributed by atoms with Crippen molar-refractivity contribution in [1.82, 2.24) is 0 Å². The van der Waals surface area contributed by atoms with Gasteiger partial charge in [0.25, 0.3) is 0 Å². The molecule has 0 saturated carbocycles. The minimum Gasteiger partial charge on any atom is -0.487 e. The van der Waals surface area contributed by atoms with Crippen molar-refractivity contribution in [3.05, 3.63) is 63.9 Å². The molecule has 116 valence electrons. The van der Waals surface area contributed by atoms with E-state index in [-0.39, 0.29) is 13.0 Å². The molecule has 0 fully saturated rings. The maximum absolute atomic E-state index is 14.0. The normalized spacial score (nSPS) is 10.4. The van der Waals surface area contributed by atoms with Crippen LogP contribution in [0.15, 0.2) is 36.4 Å². The number of hydrogen-bond donors (Lipinski definition) is 0. The molecule has 0 N–H and O–H groups in total. The summed E-state index contributed by atoms with van der Waals surface area (Å²) >= 11 is 6.09. The first-order valence-electron chi connectivity index (χ1n) is 6.73. The van der Waals surface area contributed by atoms with Crippen molar-refractivity contribution in [2.45, 2.75) is 20.0 Å². The van der Waals surface area contributed by atoms with E-state index >= 15 is 0 Å². The van der Waals surface area contributed by atoms with Gasteiger partial charge in [0.2, 0.25) is 0 Å². The standard InChI is InChI=1S/C17H16ClFO3/c1-11-6-7-16(14(18)8-11)22-10-13-12(9-17(20)21-2)4-3-5-15(13)19/h3-8H,9-10H2,1-2H3. The molecule has 0 unspecified atom stereocenters. The van der Waals surface area contributed by atoms with Crippen molar-refractivity contribution >= 4 is 17.6 Å². The third-order valence-electron chi connectivity index (χ3n) is 3.24. The zero-order valence-electron chi connectivity index (χ0n) is 12.4. The van der Waals surface area contributed by atoms with Gasteiger partial charge in [-0.2, -0.15) is 0 Å². The highest BCUT2D eigenvalue weighted by atomic mass is 35.5. The number of esters is 1. The highest BCUT2D eigenvalue weighted by molar-refractivity contribution is 6.32. The summed E-state index contributed by atoms with van der Waals surface area (Å²) in [5.41, 5.74) is 1.87. The summed E-state index contributed by atoms with van der Waals surface area (Å²) in [6, 6.07) is 9.92. The van der Waals surface area contributed by atoms with Crippen LogP contribution in [-0.4, -0.2) is 13.1 Å². The first kappa shape index (κ1) is 16.3. The lowest BCUT2D eigenvalue weighted by molar-refractivity contribution is -0.139. The fraction of sp³-hybridized carbons (Fsp3) is 0.235. The van der Waals surface area contributed by atoms with E-state index in [9.17, 15) is 9.18 Å². The molecule has 0 saturated heterocycles. The molecule has 0 atom stereocenters. The van der Waals surface area contributed by atoms with Gasteiger partial charge in [0.05, 0.1) is 18.6 Å². The predicted molar refractivity (Wildman–Crippen MR) is 82.6 cm³/mol. The van der Waals surface area contributed by atoms with E-state index < -0.39 is 11.8 Å². The Morgan fingerprint density at radius 1 is 1.27 bits per heavy atom. The number of hydrogen-bond acceptors (Lipinski definition) is 3. The number of aryl methyl sites for hydroxylation is 1. The van der Waals surface area contributed by atoms with Crippen LogP contribution in [0.2, 0.25) is 5.02 Å². The number of halogens is 2. The van der Waals surface area contributed by atoms with E-state index in [1.807, 2.05) is 13.0 Å². The van der Waals surface area contributed by atoms with Crippen molar-refractivity contribution in [3.63, 3.8) is 0 Å². The summed E-state index contributed by atoms with van der Waals surface area (Å²) in [6.07, 6.45) is -0.00537. The summed E-state index contributed by atoms with van der Waals surface area (Å²) in [7, 11) is 1.30. The SMILES string of the molecule is COC(=O)Cc1cccc(F)c1COc1ccc(C)cc1Cl. The van der Waals surface area contributed by atoms with Gasteiger partial charge < -0.3 is 9.47 Å². The molecule has 2 rings (SSSR count). The van der Waals surface area contributed by atoms with Gasteiger partial charge in [-0.15, -0.1) is 0 Å². The Hall–Kier alpha value is -2.07. The quantitative estimate of drug-likeness (QED) is 0.778. The number of rotatable bonds is 5. The molecule has 0 aromatic heterocycles. The van der Waals surface area contributed by atoms with Crippen LogP contribution in [0.1, 0.15) is 16.7 Å². The molecule has 22 heavy (non-hydrogen) atoms. The van der Waals surface area contributed by atoms with Crippen molar-refractivity contribution in [1.29, 1.82) is 0 Å². The zero-order valence-corrected chi connectivity index (χ0v) is 13.1. The number of ether oxygens (including phenoxy) is 2. The Morgan fingerprint density at radius 3 is 2.73 bits per heavy atom. The van der Waals surface area contributed by atoms with Crippen LogP contribution in [0.5, 0.6) is 5.75 Å². The summed E-state index contributed by atoms with van der Waals surface area (Å²) in [6.45, 7) is 1.91. The molecule has 0 aliphatic heterocycles. The van der Waals surface area contributed by atoms with Gasteiger partial charge in [-0.25, -0.2) is 4.39 Å². The van der Waals surface area contributed by atoms with Crippen molar-refractivity contribution < 1.29 is 18.7 Å². The van der Waals surface area contributed by atoms with Crippen molar-refractivity contribution in [2.75, 3.05) is 7.11 Å². The fourth-order valence-corrected chi connectivity index (χ4v) is 2.32. The summed E-state index contributed by atoms with van der Waals surface area (Å²) in [5, 5.41) is 0.464. The topological polar surface area (TPSA) is 35.5 Å². The molecule has 0 spiro atoms. The fourth-order valence-electron chi connectivity index (χ4n) is 2.03. The lowest BCUT2D eigenvalue weighted by Crippen LogP contribution is -2.10. The summed E-state index contributed by atoms with van der Waals surface area (Å²) < 4.78 is 24.2. The van der Waals surface area contributed by atoms with Gasteiger partial charge in [0.15, 0.2) is 0 Å². The predicted octanol–water partition coefficient (Wildman–Crippen LogP) is 4.08. The smallest absolute Gasteiger partial charge is 0.309 e. The van der Waals surface area contributed by atoms with Crippen LogP contribution < -0.4 is 4.74 Å². The molecule has 5 heteroatoms. The maximum atomic E-state index is 14.0. The van der Waals surface area contributed by atoms with Crippen molar-refractivity contribution in [3.8, 4) is 5.75 Å². The Morgan fingerprint density at radius 2 is 2.05 bits per heavy atom. The van der Waals surface area contributed by atoms with Crippen LogP contribution in [0.25, 0.3) is 0 Å². The van der Waals surface area contributed by atoms with E-state index in [1.54, 1.807) is 24.3 Å². The second kappa shape index (κ2) is 7.27. The number of carbonyl (C=O) groups excluding carboxylic acids is 1. The van der Waals surface area contributed by atoms with Crippen LogP contribution in [0, 0.1) is 12.7 Å². The van der Waals surface area contributed by atoms with E-state index in [4.69, 9.17) is 16.3 Å². The van der Waals surface area contributed by atoms with Crippen molar-refractivity contribution in [2.24, 2.45) is 0 Å². The number of benzene rings is 2. The van der Waals surface area contributed by atoms with Gasteiger partial charge in [0, 0.05) is 5.56 Å². The molecule has 2 aromatic carbocycles. The van der Waals surface area contributed by atoms with Gasteiger partial charge in [0.1, 0.15) is 18.2 Å². The monoisotopic (exact) mass is 322 g/mol. The molecule has 0 aliphatic rings. The van der Waals surface area contributed by atoms with E-state index in [2.05, 4.69) is 4.74 Å². The molecular formula is C17H16ClFO3.